The molecule has 1 fully saturated rings. The molecule has 2 aliphatic heterocycles. The molecule has 5 rings (SSSR count). The molecule has 122 valence electrons. The normalized spacial score (nSPS) is 22.7. The number of imidazole rings is 1. The first-order valence-corrected chi connectivity index (χ1v) is 8.43. The zero-order valence-corrected chi connectivity index (χ0v) is 13.7. The van der Waals surface area contributed by atoms with Gasteiger partial charge in [-0.2, -0.15) is 5.10 Å². The van der Waals surface area contributed by atoms with Crippen molar-refractivity contribution in [3.63, 3.8) is 0 Å². The van der Waals surface area contributed by atoms with Crippen LogP contribution in [0.15, 0.2) is 43.1 Å². The first-order valence-electron chi connectivity index (χ1n) is 8.43. The van der Waals surface area contributed by atoms with Gasteiger partial charge in [0.25, 0.3) is 0 Å². The summed E-state index contributed by atoms with van der Waals surface area (Å²) >= 11 is 0. The van der Waals surface area contributed by atoms with Gasteiger partial charge in [0.05, 0.1) is 18.1 Å². The lowest BCUT2D eigenvalue weighted by molar-refractivity contribution is 0.306. The van der Waals surface area contributed by atoms with Gasteiger partial charge in [-0.25, -0.2) is 4.98 Å². The molecule has 0 radical (unpaired) electrons. The second kappa shape index (κ2) is 5.27. The summed E-state index contributed by atoms with van der Waals surface area (Å²) in [5.41, 5.74) is 3.65. The van der Waals surface area contributed by atoms with E-state index in [1.165, 1.54) is 17.1 Å². The molecule has 0 saturated carbocycles. The van der Waals surface area contributed by atoms with Crippen LogP contribution in [-0.2, 0) is 20.1 Å². The van der Waals surface area contributed by atoms with E-state index in [2.05, 4.69) is 31.8 Å². The molecule has 0 spiro atoms. The molecule has 0 N–H and O–H groups in total. The number of likely N-dealkylation sites (tertiary alicyclic amines) is 1. The zero-order chi connectivity index (χ0) is 16.1. The maximum atomic E-state index is 4.75. The van der Waals surface area contributed by atoms with Crippen molar-refractivity contribution >= 4 is 0 Å². The lowest BCUT2D eigenvalue weighted by Crippen LogP contribution is -2.22. The van der Waals surface area contributed by atoms with Crippen LogP contribution in [-0.4, -0.2) is 42.3 Å². The van der Waals surface area contributed by atoms with Crippen LogP contribution < -0.4 is 0 Å². The molecule has 0 amide bonds. The fraction of sp³-hybridized carbons (Fsp3) is 0.389. The Morgan fingerprint density at radius 2 is 2.12 bits per heavy atom. The van der Waals surface area contributed by atoms with Crippen LogP contribution in [0, 0.1) is 5.92 Å². The van der Waals surface area contributed by atoms with E-state index in [4.69, 9.17) is 4.98 Å². The average molecular weight is 320 g/mol. The maximum absolute atomic E-state index is 4.75. The number of pyridine rings is 1. The Morgan fingerprint density at radius 1 is 1.17 bits per heavy atom. The van der Waals surface area contributed by atoms with Crippen molar-refractivity contribution in [3.05, 3.63) is 54.5 Å². The Labute approximate surface area is 140 Å². The van der Waals surface area contributed by atoms with Crippen molar-refractivity contribution < 1.29 is 0 Å². The van der Waals surface area contributed by atoms with Crippen molar-refractivity contribution in [2.45, 2.75) is 19.0 Å². The molecule has 0 aliphatic carbocycles. The number of hydrogen-bond acceptors (Lipinski definition) is 4. The topological polar surface area (TPSA) is 51.8 Å². The van der Waals surface area contributed by atoms with Gasteiger partial charge in [0.2, 0.25) is 0 Å². The summed E-state index contributed by atoms with van der Waals surface area (Å²) < 4.78 is 4.27. The van der Waals surface area contributed by atoms with Crippen molar-refractivity contribution in [2.75, 3.05) is 13.1 Å². The predicted octanol–water partition coefficient (Wildman–Crippen LogP) is 1.91. The molecule has 2 atom stereocenters. The summed E-state index contributed by atoms with van der Waals surface area (Å²) in [6.07, 6.45) is 9.82. The number of aryl methyl sites for hydroxylation is 1. The molecule has 5 heterocycles. The van der Waals surface area contributed by atoms with E-state index in [-0.39, 0.29) is 0 Å². The lowest BCUT2D eigenvalue weighted by Gasteiger charge is -2.16. The fourth-order valence-electron chi connectivity index (χ4n) is 4.24. The zero-order valence-electron chi connectivity index (χ0n) is 13.7. The average Bonchev–Trinajstić information content (AvgIpc) is 3.31. The van der Waals surface area contributed by atoms with Crippen LogP contribution in [0.4, 0.5) is 0 Å². The van der Waals surface area contributed by atoms with Gasteiger partial charge in [-0.05, 0) is 12.1 Å². The smallest absolute Gasteiger partial charge is 0.113 e. The number of aromatic nitrogens is 5. The van der Waals surface area contributed by atoms with Gasteiger partial charge in [-0.15, -0.1) is 0 Å². The van der Waals surface area contributed by atoms with Crippen molar-refractivity contribution in [2.24, 2.45) is 13.0 Å². The van der Waals surface area contributed by atoms with E-state index in [0.717, 1.165) is 31.7 Å². The van der Waals surface area contributed by atoms with Gasteiger partial charge >= 0.3 is 0 Å². The van der Waals surface area contributed by atoms with Crippen LogP contribution in [0.1, 0.15) is 17.3 Å². The molecule has 3 aromatic rings. The summed E-state index contributed by atoms with van der Waals surface area (Å²) in [6, 6.07) is 4.10. The first-order chi connectivity index (χ1) is 11.8. The Balaban J connectivity index is 1.37. The Hall–Kier alpha value is -2.47. The molecule has 6 nitrogen and oxygen atoms in total. The third-order valence-corrected chi connectivity index (χ3v) is 5.27. The lowest BCUT2D eigenvalue weighted by atomic mass is 9.99. The molecule has 24 heavy (non-hydrogen) atoms. The SMILES string of the molecule is Cn1cc(CN2C[C@@H]3Cn4c(-c5cccnc5)cnc4[C@@H]3C2)cn1. The Kier molecular flexibility index (Phi) is 3.06. The van der Waals surface area contributed by atoms with Crippen LogP contribution in [0.3, 0.4) is 0 Å². The number of fused-ring (bicyclic) bond motifs is 3. The van der Waals surface area contributed by atoms with Crippen molar-refractivity contribution in [1.29, 1.82) is 0 Å². The minimum absolute atomic E-state index is 0.548. The van der Waals surface area contributed by atoms with E-state index in [0.29, 0.717) is 11.8 Å². The van der Waals surface area contributed by atoms with Crippen LogP contribution >= 0.6 is 0 Å². The monoisotopic (exact) mass is 320 g/mol. The van der Waals surface area contributed by atoms with Gasteiger partial charge < -0.3 is 4.57 Å². The maximum Gasteiger partial charge on any atom is 0.113 e. The van der Waals surface area contributed by atoms with Gasteiger partial charge in [-0.1, -0.05) is 0 Å². The summed E-state index contributed by atoms with van der Waals surface area (Å²) in [4.78, 5) is 11.5. The molecule has 0 aromatic carbocycles. The second-order valence-electron chi connectivity index (χ2n) is 6.94. The summed E-state index contributed by atoms with van der Waals surface area (Å²) in [7, 11) is 1.97. The highest BCUT2D eigenvalue weighted by Gasteiger charge is 2.42. The highest BCUT2D eigenvalue weighted by molar-refractivity contribution is 5.58. The molecule has 3 aromatic heterocycles. The molecule has 0 bridgehead atoms. The standard InChI is InChI=1S/C18H20N6/c1-22-8-13(5-21-22)9-23-10-15-11-24-17(14-3-2-4-19-6-14)7-20-18(24)16(15)12-23/h2-8,15-16H,9-12H2,1H3/t15-,16-/m1/s1. The quantitative estimate of drug-likeness (QED) is 0.740. The predicted molar refractivity (Wildman–Crippen MR) is 90.2 cm³/mol. The number of hydrogen-bond donors (Lipinski definition) is 0. The third-order valence-electron chi connectivity index (χ3n) is 5.27. The minimum Gasteiger partial charge on any atom is -0.327 e. The highest BCUT2D eigenvalue weighted by Crippen LogP contribution is 2.41. The summed E-state index contributed by atoms with van der Waals surface area (Å²) in [5.74, 6) is 2.46. The van der Waals surface area contributed by atoms with Crippen LogP contribution in [0.5, 0.6) is 0 Å². The molecule has 1 saturated heterocycles. The molecular formula is C18H20N6. The largest absolute Gasteiger partial charge is 0.327 e. The second-order valence-corrected chi connectivity index (χ2v) is 6.94. The van der Waals surface area contributed by atoms with E-state index >= 15 is 0 Å². The van der Waals surface area contributed by atoms with Gasteiger partial charge in [-0.3, -0.25) is 14.6 Å². The summed E-state index contributed by atoms with van der Waals surface area (Å²) in [6.45, 7) is 4.27. The third kappa shape index (κ3) is 2.17. The number of nitrogens with zero attached hydrogens (tertiary/aromatic N) is 6. The first kappa shape index (κ1) is 13.9. The van der Waals surface area contributed by atoms with Crippen LogP contribution in [0.25, 0.3) is 11.3 Å². The summed E-state index contributed by atoms with van der Waals surface area (Å²) in [5, 5.41) is 4.27. The fourth-order valence-corrected chi connectivity index (χ4v) is 4.24. The number of rotatable bonds is 3. The van der Waals surface area contributed by atoms with E-state index < -0.39 is 0 Å². The van der Waals surface area contributed by atoms with E-state index in [1.54, 1.807) is 0 Å². The molecule has 6 heteroatoms. The van der Waals surface area contributed by atoms with E-state index in [9.17, 15) is 0 Å². The molecular weight excluding hydrogens is 300 g/mol. The van der Waals surface area contributed by atoms with Gasteiger partial charge in [0.15, 0.2) is 0 Å². The van der Waals surface area contributed by atoms with E-state index in [1.807, 2.05) is 42.6 Å². The van der Waals surface area contributed by atoms with Gasteiger partial charge in [0, 0.05) is 74.8 Å². The highest BCUT2D eigenvalue weighted by atomic mass is 15.3. The van der Waals surface area contributed by atoms with Crippen molar-refractivity contribution in [1.82, 2.24) is 29.2 Å². The molecule has 2 aliphatic rings. The Morgan fingerprint density at radius 3 is 2.92 bits per heavy atom. The minimum atomic E-state index is 0.548. The molecule has 0 unspecified atom stereocenters. The van der Waals surface area contributed by atoms with Crippen molar-refractivity contribution in [3.8, 4) is 11.3 Å². The van der Waals surface area contributed by atoms with Crippen LogP contribution in [0.2, 0.25) is 0 Å². The van der Waals surface area contributed by atoms with Gasteiger partial charge in [0.1, 0.15) is 5.82 Å². The Bertz CT molecular complexity index is 865.